The van der Waals surface area contributed by atoms with Crippen LogP contribution >= 0.6 is 0 Å². The quantitative estimate of drug-likeness (QED) is 0.472. The smallest absolute Gasteiger partial charge is 0.336 e. The van der Waals surface area contributed by atoms with Gasteiger partial charge in [0.05, 0.1) is 22.8 Å². The van der Waals surface area contributed by atoms with Crippen molar-refractivity contribution >= 4 is 17.6 Å². The van der Waals surface area contributed by atoms with E-state index in [4.69, 9.17) is 9.47 Å². The average molecular weight is 360 g/mol. The van der Waals surface area contributed by atoms with Gasteiger partial charge in [-0.2, -0.15) is 0 Å². The Kier molecular flexibility index (Phi) is 6.11. The summed E-state index contributed by atoms with van der Waals surface area (Å²) < 4.78 is 10.2. The van der Waals surface area contributed by atoms with Crippen LogP contribution in [0.1, 0.15) is 32.3 Å². The van der Waals surface area contributed by atoms with Gasteiger partial charge in [-0.3, -0.25) is 14.9 Å². The molecular weight excluding hydrogens is 340 g/mol. The van der Waals surface area contributed by atoms with Gasteiger partial charge in [0, 0.05) is 30.2 Å². The molecule has 0 spiro atoms. The third-order valence-corrected chi connectivity index (χ3v) is 3.78. The fourth-order valence-electron chi connectivity index (χ4n) is 2.78. The van der Waals surface area contributed by atoms with Gasteiger partial charge in [-0.05, 0) is 13.8 Å². The van der Waals surface area contributed by atoms with E-state index in [0.29, 0.717) is 17.0 Å². The lowest BCUT2D eigenvalue weighted by Crippen LogP contribution is -2.30. The third kappa shape index (κ3) is 4.27. The van der Waals surface area contributed by atoms with E-state index in [2.05, 4.69) is 5.32 Å². The first kappa shape index (κ1) is 19.2. The molecule has 1 heterocycles. The van der Waals surface area contributed by atoms with Gasteiger partial charge >= 0.3 is 11.9 Å². The van der Waals surface area contributed by atoms with Crippen LogP contribution in [0.5, 0.6) is 0 Å². The van der Waals surface area contributed by atoms with Crippen molar-refractivity contribution in [2.75, 3.05) is 13.2 Å². The van der Waals surface area contributed by atoms with Gasteiger partial charge in [-0.25, -0.2) is 4.79 Å². The van der Waals surface area contributed by atoms with Crippen LogP contribution in [0.3, 0.4) is 0 Å². The number of para-hydroxylation sites is 1. The maximum atomic E-state index is 12.6. The second kappa shape index (κ2) is 8.28. The molecule has 0 saturated carbocycles. The van der Waals surface area contributed by atoms with Gasteiger partial charge in [0.25, 0.3) is 5.69 Å². The number of carbonyl (C=O) groups is 2. The monoisotopic (exact) mass is 360 g/mol. The average Bonchev–Trinajstić information content (AvgIpc) is 2.59. The van der Waals surface area contributed by atoms with E-state index in [-0.39, 0.29) is 24.5 Å². The number of nitro groups is 1. The summed E-state index contributed by atoms with van der Waals surface area (Å²) >= 11 is 0. The molecule has 1 N–H and O–H groups in total. The van der Waals surface area contributed by atoms with Crippen molar-refractivity contribution in [3.63, 3.8) is 0 Å². The van der Waals surface area contributed by atoms with Gasteiger partial charge in [0.2, 0.25) is 0 Å². The molecule has 0 bridgehead atoms. The minimum atomic E-state index is -0.692. The lowest BCUT2D eigenvalue weighted by Gasteiger charge is -2.27. The standard InChI is InChI=1S/C18H20N2O6/c1-4-25-18(22)17-14(13-7-5-6-8-16(13)20(23)24)9-11(2)19-15(17)10-26-12(3)21/h5-9,14,19H,4,10H2,1-3H3. The molecule has 1 atom stereocenters. The Bertz CT molecular complexity index is 797. The number of hydrogen-bond acceptors (Lipinski definition) is 7. The highest BCUT2D eigenvalue weighted by Crippen LogP contribution is 2.37. The van der Waals surface area contributed by atoms with Gasteiger partial charge in [0.15, 0.2) is 0 Å². The number of nitrogens with zero attached hydrogens (tertiary/aromatic N) is 1. The van der Waals surface area contributed by atoms with E-state index in [1.54, 1.807) is 38.1 Å². The zero-order chi connectivity index (χ0) is 19.3. The molecule has 2 rings (SSSR count). The van der Waals surface area contributed by atoms with Gasteiger partial charge in [0.1, 0.15) is 6.61 Å². The van der Waals surface area contributed by atoms with Crippen molar-refractivity contribution in [2.24, 2.45) is 0 Å². The molecule has 1 aromatic rings. The molecule has 0 fully saturated rings. The predicted octanol–water partition coefficient (Wildman–Crippen LogP) is 2.57. The molecule has 8 heteroatoms. The lowest BCUT2D eigenvalue weighted by atomic mass is 9.85. The number of nitro benzene ring substituents is 1. The Morgan fingerprint density at radius 1 is 1.27 bits per heavy atom. The summed E-state index contributed by atoms with van der Waals surface area (Å²) in [7, 11) is 0. The summed E-state index contributed by atoms with van der Waals surface area (Å²) in [5, 5.41) is 14.4. The number of ether oxygens (including phenoxy) is 2. The number of esters is 2. The number of rotatable bonds is 6. The van der Waals surface area contributed by atoms with Crippen molar-refractivity contribution in [3.8, 4) is 0 Å². The van der Waals surface area contributed by atoms with E-state index < -0.39 is 22.8 Å². The minimum absolute atomic E-state index is 0.0999. The zero-order valence-corrected chi connectivity index (χ0v) is 14.8. The van der Waals surface area contributed by atoms with Crippen LogP contribution in [0.2, 0.25) is 0 Å². The minimum Gasteiger partial charge on any atom is -0.463 e. The topological polar surface area (TPSA) is 108 Å². The summed E-state index contributed by atoms with van der Waals surface area (Å²) in [4.78, 5) is 34.7. The van der Waals surface area contributed by atoms with Crippen molar-refractivity contribution in [2.45, 2.75) is 26.7 Å². The van der Waals surface area contributed by atoms with Crippen LogP contribution in [0.25, 0.3) is 0 Å². The lowest BCUT2D eigenvalue weighted by molar-refractivity contribution is -0.385. The first-order chi connectivity index (χ1) is 12.3. The SMILES string of the molecule is CCOC(=O)C1=C(COC(C)=O)NC(C)=CC1c1ccccc1[N+](=O)[O-]. The molecule has 26 heavy (non-hydrogen) atoms. The predicted molar refractivity (Wildman–Crippen MR) is 93.0 cm³/mol. The largest absolute Gasteiger partial charge is 0.463 e. The summed E-state index contributed by atoms with van der Waals surface area (Å²) in [6.45, 7) is 4.68. The maximum absolute atomic E-state index is 12.6. The number of carbonyl (C=O) groups excluding carboxylic acids is 2. The molecule has 0 saturated heterocycles. The first-order valence-corrected chi connectivity index (χ1v) is 8.07. The Balaban J connectivity index is 2.59. The van der Waals surface area contributed by atoms with Crippen molar-refractivity contribution in [1.82, 2.24) is 5.32 Å². The number of dihydropyridines is 1. The Hall–Kier alpha value is -3.16. The van der Waals surface area contributed by atoms with Crippen LogP contribution in [0.15, 0.2) is 47.3 Å². The Morgan fingerprint density at radius 2 is 1.96 bits per heavy atom. The van der Waals surface area contributed by atoms with E-state index in [0.717, 1.165) is 0 Å². The van der Waals surface area contributed by atoms with Gasteiger partial charge in [-0.15, -0.1) is 0 Å². The summed E-state index contributed by atoms with van der Waals surface area (Å²) in [5.74, 6) is -1.81. The van der Waals surface area contributed by atoms with Crippen LogP contribution in [-0.4, -0.2) is 30.1 Å². The molecule has 0 aromatic heterocycles. The second-order valence-corrected chi connectivity index (χ2v) is 5.66. The maximum Gasteiger partial charge on any atom is 0.336 e. The molecule has 8 nitrogen and oxygen atoms in total. The summed E-state index contributed by atoms with van der Waals surface area (Å²) in [5.41, 5.74) is 1.48. The van der Waals surface area contributed by atoms with E-state index in [9.17, 15) is 19.7 Å². The summed E-state index contributed by atoms with van der Waals surface area (Å²) in [6.07, 6.45) is 1.71. The zero-order valence-electron chi connectivity index (χ0n) is 14.8. The molecule has 0 amide bonds. The fraction of sp³-hybridized carbons (Fsp3) is 0.333. The molecule has 1 aliphatic rings. The highest BCUT2D eigenvalue weighted by atomic mass is 16.6. The van der Waals surface area contributed by atoms with Crippen LogP contribution in [0, 0.1) is 10.1 Å². The van der Waals surface area contributed by atoms with E-state index in [1.807, 2.05) is 0 Å². The van der Waals surface area contributed by atoms with Crippen LogP contribution in [0.4, 0.5) is 5.69 Å². The second-order valence-electron chi connectivity index (χ2n) is 5.66. The number of hydrogen-bond donors (Lipinski definition) is 1. The third-order valence-electron chi connectivity index (χ3n) is 3.78. The first-order valence-electron chi connectivity index (χ1n) is 8.07. The van der Waals surface area contributed by atoms with Crippen molar-refractivity contribution < 1.29 is 24.0 Å². The number of nitrogens with one attached hydrogen (secondary N) is 1. The molecule has 1 aromatic carbocycles. The highest BCUT2D eigenvalue weighted by Gasteiger charge is 2.33. The number of benzene rings is 1. The van der Waals surface area contributed by atoms with E-state index in [1.165, 1.54) is 13.0 Å². The van der Waals surface area contributed by atoms with Crippen molar-refractivity contribution in [3.05, 3.63) is 63.0 Å². The molecule has 138 valence electrons. The van der Waals surface area contributed by atoms with E-state index >= 15 is 0 Å². The Labute approximate surface area is 150 Å². The normalized spacial score (nSPS) is 16.4. The molecule has 1 unspecified atom stereocenters. The molecule has 0 aliphatic carbocycles. The fourth-order valence-corrected chi connectivity index (χ4v) is 2.78. The van der Waals surface area contributed by atoms with Crippen LogP contribution < -0.4 is 5.32 Å². The number of allylic oxidation sites excluding steroid dienone is 2. The van der Waals surface area contributed by atoms with Gasteiger partial charge < -0.3 is 14.8 Å². The summed E-state index contributed by atoms with van der Waals surface area (Å²) in [6, 6.07) is 6.21. The molecule has 0 radical (unpaired) electrons. The highest BCUT2D eigenvalue weighted by molar-refractivity contribution is 5.92. The Morgan fingerprint density at radius 3 is 2.58 bits per heavy atom. The van der Waals surface area contributed by atoms with Crippen molar-refractivity contribution in [1.29, 1.82) is 0 Å². The van der Waals surface area contributed by atoms with Crippen LogP contribution in [-0.2, 0) is 19.1 Å². The van der Waals surface area contributed by atoms with Gasteiger partial charge in [-0.1, -0.05) is 24.3 Å². The molecular formula is C18H20N2O6. The molecule has 1 aliphatic heterocycles.